The van der Waals surface area contributed by atoms with Gasteiger partial charge in [-0.15, -0.1) is 0 Å². The summed E-state index contributed by atoms with van der Waals surface area (Å²) in [7, 11) is -1.29. The van der Waals surface area contributed by atoms with Crippen LogP contribution in [0.25, 0.3) is 0 Å². The van der Waals surface area contributed by atoms with Gasteiger partial charge in [-0.3, -0.25) is 0 Å². The molecule has 0 radical (unpaired) electrons. The predicted octanol–water partition coefficient (Wildman–Crippen LogP) is 3.84. The molecule has 2 rings (SSSR count). The number of esters is 1. The molecule has 2 unspecified atom stereocenters. The summed E-state index contributed by atoms with van der Waals surface area (Å²) in [6, 6.07) is 13.6. The van der Waals surface area contributed by atoms with E-state index in [0.717, 1.165) is 0 Å². The first-order chi connectivity index (χ1) is 11.0. The highest BCUT2D eigenvalue weighted by atomic mass is 35.5. The van der Waals surface area contributed by atoms with E-state index in [2.05, 4.69) is 0 Å². The molecule has 2 aromatic rings. The molecule has 0 fully saturated rings. The van der Waals surface area contributed by atoms with Crippen LogP contribution in [-0.2, 0) is 20.3 Å². The van der Waals surface area contributed by atoms with Crippen molar-refractivity contribution in [3.63, 3.8) is 0 Å². The minimum absolute atomic E-state index is 0.311. The average molecular weight is 353 g/mol. The number of halogens is 1. The third-order valence-corrected chi connectivity index (χ3v) is 4.65. The van der Waals surface area contributed by atoms with E-state index < -0.39 is 22.9 Å². The fourth-order valence-corrected chi connectivity index (χ4v) is 3.01. The summed E-state index contributed by atoms with van der Waals surface area (Å²) in [6.07, 6.45) is -0.692. The number of ether oxygens (including phenoxy) is 2. The molecule has 6 heteroatoms. The van der Waals surface area contributed by atoms with E-state index in [9.17, 15) is 9.00 Å². The van der Waals surface area contributed by atoms with Crippen LogP contribution < -0.4 is 4.74 Å². The molecule has 0 aliphatic heterocycles. The second-order valence-electron chi connectivity index (χ2n) is 4.71. The summed E-state index contributed by atoms with van der Waals surface area (Å²) in [6.45, 7) is 3.68. The highest BCUT2D eigenvalue weighted by molar-refractivity contribution is 7.85. The van der Waals surface area contributed by atoms with Crippen molar-refractivity contribution in [2.75, 3.05) is 6.61 Å². The Labute approximate surface area is 142 Å². The summed E-state index contributed by atoms with van der Waals surface area (Å²) in [5.74, 6) is 0.101. The lowest BCUT2D eigenvalue weighted by atomic mass is 10.3. The van der Waals surface area contributed by atoms with Gasteiger partial charge in [-0.25, -0.2) is 9.00 Å². The van der Waals surface area contributed by atoms with Crippen LogP contribution >= 0.6 is 11.6 Å². The van der Waals surface area contributed by atoms with E-state index in [1.54, 1.807) is 62.4 Å². The third-order valence-electron chi connectivity index (χ3n) is 3.00. The third kappa shape index (κ3) is 4.81. The van der Waals surface area contributed by atoms with Crippen molar-refractivity contribution >= 4 is 28.4 Å². The first-order valence-electron chi connectivity index (χ1n) is 7.12. The van der Waals surface area contributed by atoms with Crippen LogP contribution in [0.3, 0.4) is 0 Å². The van der Waals surface area contributed by atoms with Crippen LogP contribution in [0.2, 0.25) is 5.02 Å². The molecule has 2 aromatic carbocycles. The Kier molecular flexibility index (Phi) is 6.19. The summed E-state index contributed by atoms with van der Waals surface area (Å²) in [5, 5.41) is 0.599. The van der Waals surface area contributed by atoms with Crippen LogP contribution in [0.5, 0.6) is 5.75 Å². The van der Waals surface area contributed by atoms with Gasteiger partial charge in [-0.1, -0.05) is 11.6 Å². The van der Waals surface area contributed by atoms with Crippen LogP contribution in [0.4, 0.5) is 0 Å². The second-order valence-corrected chi connectivity index (χ2v) is 6.62. The Morgan fingerprint density at radius 1 is 1.09 bits per heavy atom. The van der Waals surface area contributed by atoms with E-state index in [-0.39, 0.29) is 0 Å². The zero-order valence-corrected chi connectivity index (χ0v) is 14.4. The van der Waals surface area contributed by atoms with E-state index in [1.165, 1.54) is 0 Å². The van der Waals surface area contributed by atoms with Gasteiger partial charge in [0.25, 0.3) is 0 Å². The van der Waals surface area contributed by atoms with Gasteiger partial charge in [0, 0.05) is 14.8 Å². The zero-order chi connectivity index (χ0) is 16.8. The van der Waals surface area contributed by atoms with Gasteiger partial charge < -0.3 is 9.47 Å². The van der Waals surface area contributed by atoms with E-state index >= 15 is 0 Å². The highest BCUT2D eigenvalue weighted by Crippen LogP contribution is 2.21. The van der Waals surface area contributed by atoms with Crippen molar-refractivity contribution in [3.8, 4) is 5.75 Å². The molecule has 0 saturated heterocycles. The molecule has 23 heavy (non-hydrogen) atoms. The lowest BCUT2D eigenvalue weighted by Crippen LogP contribution is -2.26. The molecule has 0 heterocycles. The van der Waals surface area contributed by atoms with Gasteiger partial charge in [0.1, 0.15) is 5.75 Å². The van der Waals surface area contributed by atoms with Crippen molar-refractivity contribution in [1.82, 2.24) is 0 Å². The first kappa shape index (κ1) is 17.5. The van der Waals surface area contributed by atoms with Crippen molar-refractivity contribution in [1.29, 1.82) is 0 Å². The van der Waals surface area contributed by atoms with E-state index in [4.69, 9.17) is 21.1 Å². The van der Waals surface area contributed by atoms with Gasteiger partial charge in [0.15, 0.2) is 6.10 Å². The molecule has 122 valence electrons. The Morgan fingerprint density at radius 3 is 2.13 bits per heavy atom. The quantitative estimate of drug-likeness (QED) is 0.741. The number of carbonyl (C=O) groups excluding carboxylic acids is 1. The van der Waals surface area contributed by atoms with Gasteiger partial charge in [-0.05, 0) is 62.4 Å². The monoisotopic (exact) mass is 352 g/mol. The predicted molar refractivity (Wildman–Crippen MR) is 89.3 cm³/mol. The molecule has 0 aliphatic rings. The molecule has 0 amide bonds. The minimum Gasteiger partial charge on any atom is -0.479 e. The second kappa shape index (κ2) is 8.13. The van der Waals surface area contributed by atoms with Gasteiger partial charge in [-0.2, -0.15) is 0 Å². The number of hydrogen-bond donors (Lipinski definition) is 0. The van der Waals surface area contributed by atoms with E-state index in [0.29, 0.717) is 27.2 Å². The standard InChI is InChI=1S/C17H17ClO4S/c1-3-21-17(19)12(2)22-14-6-10-16(11-7-14)23(20)15-8-4-13(18)5-9-15/h4-12H,3H2,1-2H3. The number of carbonyl (C=O) groups is 1. The topological polar surface area (TPSA) is 52.6 Å². The lowest BCUT2D eigenvalue weighted by Gasteiger charge is -2.13. The molecule has 0 bridgehead atoms. The Bertz CT molecular complexity index is 683. The maximum Gasteiger partial charge on any atom is 0.347 e. The molecule has 2 atom stereocenters. The van der Waals surface area contributed by atoms with Crippen molar-refractivity contribution in [2.24, 2.45) is 0 Å². The van der Waals surface area contributed by atoms with Crippen LogP contribution in [0.1, 0.15) is 13.8 Å². The SMILES string of the molecule is CCOC(=O)C(C)Oc1ccc(S(=O)c2ccc(Cl)cc2)cc1. The lowest BCUT2D eigenvalue weighted by molar-refractivity contribution is -0.150. The molecular weight excluding hydrogens is 336 g/mol. The smallest absolute Gasteiger partial charge is 0.347 e. The first-order valence-corrected chi connectivity index (χ1v) is 8.64. The summed E-state index contributed by atoms with van der Waals surface area (Å²) >= 11 is 5.83. The number of benzene rings is 2. The van der Waals surface area contributed by atoms with Gasteiger partial charge >= 0.3 is 5.97 Å². The van der Waals surface area contributed by atoms with Crippen LogP contribution in [-0.4, -0.2) is 22.9 Å². The number of hydrogen-bond acceptors (Lipinski definition) is 4. The molecule has 0 saturated carbocycles. The molecular formula is C17H17ClO4S. The average Bonchev–Trinajstić information content (AvgIpc) is 2.56. The van der Waals surface area contributed by atoms with Crippen molar-refractivity contribution in [3.05, 3.63) is 53.6 Å². The Morgan fingerprint density at radius 2 is 1.61 bits per heavy atom. The van der Waals surface area contributed by atoms with Crippen molar-refractivity contribution in [2.45, 2.75) is 29.7 Å². The van der Waals surface area contributed by atoms with Crippen molar-refractivity contribution < 1.29 is 18.5 Å². The maximum absolute atomic E-state index is 12.4. The normalized spacial score (nSPS) is 13.2. The largest absolute Gasteiger partial charge is 0.479 e. The van der Waals surface area contributed by atoms with Gasteiger partial charge in [0.2, 0.25) is 0 Å². The maximum atomic E-state index is 12.4. The summed E-state index contributed by atoms with van der Waals surface area (Å²) in [5.41, 5.74) is 0. The highest BCUT2D eigenvalue weighted by Gasteiger charge is 2.16. The molecule has 0 aliphatic carbocycles. The molecule has 4 nitrogen and oxygen atoms in total. The van der Waals surface area contributed by atoms with Crippen LogP contribution in [0.15, 0.2) is 58.3 Å². The van der Waals surface area contributed by atoms with Gasteiger partial charge in [0.05, 0.1) is 17.4 Å². The fourth-order valence-electron chi connectivity index (χ4n) is 1.85. The van der Waals surface area contributed by atoms with Crippen LogP contribution in [0, 0.1) is 0 Å². The summed E-state index contributed by atoms with van der Waals surface area (Å²) < 4.78 is 22.8. The Hall–Kier alpha value is -1.85. The molecule has 0 aromatic heterocycles. The molecule has 0 spiro atoms. The van der Waals surface area contributed by atoms with E-state index in [1.807, 2.05) is 0 Å². The Balaban J connectivity index is 2.05. The number of rotatable bonds is 6. The summed E-state index contributed by atoms with van der Waals surface area (Å²) in [4.78, 5) is 12.8. The molecule has 0 N–H and O–H groups in total. The fraction of sp³-hybridized carbons (Fsp3) is 0.235. The minimum atomic E-state index is -1.29. The zero-order valence-electron chi connectivity index (χ0n) is 12.8.